The van der Waals surface area contributed by atoms with Crippen LogP contribution in [0.3, 0.4) is 0 Å². The van der Waals surface area contributed by atoms with E-state index in [1.54, 1.807) is 0 Å². The second kappa shape index (κ2) is 8.74. The molecule has 1 aliphatic heterocycles. The number of hydrogen-bond acceptors (Lipinski definition) is 4. The first-order chi connectivity index (χ1) is 11.9. The van der Waals surface area contributed by atoms with E-state index in [1.165, 1.54) is 0 Å². The topological polar surface area (TPSA) is 64.7 Å². The van der Waals surface area contributed by atoms with Crippen molar-refractivity contribution in [3.63, 3.8) is 0 Å². The molecule has 0 aromatic heterocycles. The number of rotatable bonds is 6. The highest BCUT2D eigenvalue weighted by Crippen LogP contribution is 2.31. The molecule has 0 radical (unpaired) electrons. The highest BCUT2D eigenvalue weighted by Gasteiger charge is 2.23. The second-order valence-electron chi connectivity index (χ2n) is 7.13. The fraction of sp³-hybridized carbons (Fsp3) is 0.579. The van der Waals surface area contributed by atoms with Crippen molar-refractivity contribution in [1.82, 2.24) is 10.6 Å². The average Bonchev–Trinajstić information content (AvgIpc) is 2.66. The van der Waals surface area contributed by atoms with Crippen molar-refractivity contribution in [2.45, 2.75) is 46.2 Å². The predicted octanol–water partition coefficient (Wildman–Crippen LogP) is 1.75. The van der Waals surface area contributed by atoms with Crippen LogP contribution in [0.4, 0.5) is 11.4 Å². The van der Waals surface area contributed by atoms with E-state index in [4.69, 9.17) is 0 Å². The normalized spacial score (nSPS) is 14.3. The van der Waals surface area contributed by atoms with Gasteiger partial charge in [-0.3, -0.25) is 9.59 Å². The molecule has 0 bridgehead atoms. The van der Waals surface area contributed by atoms with Gasteiger partial charge in [-0.1, -0.05) is 12.1 Å². The van der Waals surface area contributed by atoms with Gasteiger partial charge < -0.3 is 20.4 Å². The molecule has 2 N–H and O–H groups in total. The Morgan fingerprint density at radius 1 is 0.880 bits per heavy atom. The van der Waals surface area contributed by atoms with Gasteiger partial charge in [-0.2, -0.15) is 0 Å². The van der Waals surface area contributed by atoms with Gasteiger partial charge in [0.2, 0.25) is 11.8 Å². The number of nitrogens with zero attached hydrogens (tertiary/aromatic N) is 2. The van der Waals surface area contributed by atoms with Crippen molar-refractivity contribution < 1.29 is 9.59 Å². The van der Waals surface area contributed by atoms with Gasteiger partial charge in [0.1, 0.15) is 0 Å². The number of fused-ring (bicyclic) bond motifs is 1. The average molecular weight is 346 g/mol. The van der Waals surface area contributed by atoms with Crippen molar-refractivity contribution in [1.29, 1.82) is 0 Å². The lowest BCUT2D eigenvalue weighted by atomic mass is 10.2. The molecule has 2 rings (SSSR count). The van der Waals surface area contributed by atoms with Crippen LogP contribution in [0.5, 0.6) is 0 Å². The van der Waals surface area contributed by atoms with Crippen LogP contribution in [0.25, 0.3) is 0 Å². The molecule has 6 nitrogen and oxygen atoms in total. The molecule has 1 aromatic rings. The zero-order valence-corrected chi connectivity index (χ0v) is 15.7. The van der Waals surface area contributed by atoms with Crippen LogP contribution in [0.2, 0.25) is 0 Å². The minimum absolute atomic E-state index is 0.0239. The number of benzene rings is 1. The van der Waals surface area contributed by atoms with Crippen LogP contribution in [0.1, 0.15) is 34.1 Å². The van der Waals surface area contributed by atoms with Gasteiger partial charge in [0, 0.05) is 25.2 Å². The zero-order chi connectivity index (χ0) is 18.4. The number of carbonyl (C=O) groups excluding carboxylic acids is 2. The van der Waals surface area contributed by atoms with Crippen LogP contribution in [0.15, 0.2) is 24.3 Å². The van der Waals surface area contributed by atoms with Gasteiger partial charge in [0.05, 0.1) is 24.5 Å². The number of hydrogen-bond donors (Lipinski definition) is 2. The molecule has 0 saturated carbocycles. The van der Waals surface area contributed by atoms with E-state index >= 15 is 0 Å². The highest BCUT2D eigenvalue weighted by molar-refractivity contribution is 5.86. The van der Waals surface area contributed by atoms with E-state index in [9.17, 15) is 9.59 Å². The molecule has 0 aliphatic carbocycles. The van der Waals surface area contributed by atoms with Gasteiger partial charge in [-0.15, -0.1) is 0 Å². The first kappa shape index (κ1) is 19.1. The summed E-state index contributed by atoms with van der Waals surface area (Å²) in [5.74, 6) is 0.0478. The number of nitrogens with one attached hydrogen (secondary N) is 2. The molecule has 25 heavy (non-hydrogen) atoms. The molecule has 1 aromatic carbocycles. The third kappa shape index (κ3) is 5.66. The fourth-order valence-corrected chi connectivity index (χ4v) is 3.10. The van der Waals surface area contributed by atoms with E-state index < -0.39 is 0 Å². The Bertz CT molecular complexity index is 550. The lowest BCUT2D eigenvalue weighted by Crippen LogP contribution is -2.40. The van der Waals surface area contributed by atoms with Crippen LogP contribution >= 0.6 is 0 Å². The monoisotopic (exact) mass is 346 g/mol. The molecule has 1 aliphatic rings. The Hall–Kier alpha value is -2.24. The van der Waals surface area contributed by atoms with Gasteiger partial charge in [-0.05, 0) is 46.2 Å². The van der Waals surface area contributed by atoms with Crippen molar-refractivity contribution in [3.8, 4) is 0 Å². The molecule has 1 heterocycles. The quantitative estimate of drug-likeness (QED) is 0.824. The third-order valence-electron chi connectivity index (χ3n) is 3.99. The summed E-state index contributed by atoms with van der Waals surface area (Å²) in [5.41, 5.74) is 2.02. The summed E-state index contributed by atoms with van der Waals surface area (Å²) in [5, 5.41) is 5.90. The van der Waals surface area contributed by atoms with Crippen molar-refractivity contribution in [2.75, 3.05) is 36.0 Å². The zero-order valence-electron chi connectivity index (χ0n) is 15.7. The molecule has 2 amide bonds. The molecule has 0 fully saturated rings. The molecule has 0 spiro atoms. The van der Waals surface area contributed by atoms with Gasteiger partial charge >= 0.3 is 0 Å². The molecule has 0 saturated heterocycles. The minimum atomic E-state index is 0.0239. The number of anilines is 2. The summed E-state index contributed by atoms with van der Waals surface area (Å²) >= 11 is 0. The van der Waals surface area contributed by atoms with Crippen LogP contribution < -0.4 is 20.4 Å². The minimum Gasteiger partial charge on any atom is -0.360 e. The van der Waals surface area contributed by atoms with Gasteiger partial charge in [-0.25, -0.2) is 0 Å². The van der Waals surface area contributed by atoms with Crippen LogP contribution in [0, 0.1) is 0 Å². The summed E-state index contributed by atoms with van der Waals surface area (Å²) in [6.07, 6.45) is 0.901. The van der Waals surface area contributed by atoms with E-state index in [1.807, 2.05) is 52.0 Å². The molecule has 138 valence electrons. The molecular formula is C19H30N4O2. The SMILES string of the molecule is CC(C)NC(=O)CN1CCCN(CC(=O)NC(C)C)c2ccccc21. The van der Waals surface area contributed by atoms with Crippen molar-refractivity contribution in [2.24, 2.45) is 0 Å². The molecule has 6 heteroatoms. The Kier molecular flexibility index (Phi) is 6.67. The Labute approximate surface area is 150 Å². The first-order valence-corrected chi connectivity index (χ1v) is 9.04. The van der Waals surface area contributed by atoms with E-state index in [0.717, 1.165) is 30.9 Å². The maximum Gasteiger partial charge on any atom is 0.239 e. The van der Waals surface area contributed by atoms with Crippen LogP contribution in [-0.4, -0.2) is 50.1 Å². The summed E-state index contributed by atoms with van der Waals surface area (Å²) in [7, 11) is 0. The standard InChI is InChI=1S/C19H30N4O2/c1-14(2)20-18(24)12-22-10-7-11-23(13-19(25)21-15(3)4)17-9-6-5-8-16(17)22/h5-6,8-9,14-15H,7,10-13H2,1-4H3,(H,20,24)(H,21,25). The predicted molar refractivity (Wildman–Crippen MR) is 102 cm³/mol. The number of carbonyl (C=O) groups is 2. The smallest absolute Gasteiger partial charge is 0.239 e. The number of amides is 2. The lowest BCUT2D eigenvalue weighted by molar-refractivity contribution is -0.121. The molecule has 0 unspecified atom stereocenters. The molecular weight excluding hydrogens is 316 g/mol. The Balaban J connectivity index is 2.16. The summed E-state index contributed by atoms with van der Waals surface area (Å²) < 4.78 is 0. The third-order valence-corrected chi connectivity index (χ3v) is 3.99. The summed E-state index contributed by atoms with van der Waals surface area (Å²) in [4.78, 5) is 28.6. The number of para-hydroxylation sites is 2. The largest absolute Gasteiger partial charge is 0.360 e. The summed E-state index contributed by atoms with van der Waals surface area (Å²) in [6.45, 7) is 10.1. The lowest BCUT2D eigenvalue weighted by Gasteiger charge is -2.27. The van der Waals surface area contributed by atoms with Gasteiger partial charge in [0.25, 0.3) is 0 Å². The Morgan fingerprint density at radius 3 is 1.64 bits per heavy atom. The van der Waals surface area contributed by atoms with Gasteiger partial charge in [0.15, 0.2) is 0 Å². The maximum atomic E-state index is 12.2. The van der Waals surface area contributed by atoms with Crippen molar-refractivity contribution >= 4 is 23.2 Å². The van der Waals surface area contributed by atoms with E-state index in [0.29, 0.717) is 13.1 Å². The van der Waals surface area contributed by atoms with Crippen LogP contribution in [-0.2, 0) is 9.59 Å². The summed E-state index contributed by atoms with van der Waals surface area (Å²) in [6, 6.07) is 8.26. The maximum absolute atomic E-state index is 12.2. The Morgan fingerprint density at radius 2 is 1.28 bits per heavy atom. The van der Waals surface area contributed by atoms with E-state index in [2.05, 4.69) is 20.4 Å². The van der Waals surface area contributed by atoms with Crippen molar-refractivity contribution in [3.05, 3.63) is 24.3 Å². The second-order valence-corrected chi connectivity index (χ2v) is 7.13. The molecule has 0 atom stereocenters. The first-order valence-electron chi connectivity index (χ1n) is 9.04. The fourth-order valence-electron chi connectivity index (χ4n) is 3.10. The van der Waals surface area contributed by atoms with E-state index in [-0.39, 0.29) is 23.9 Å². The highest BCUT2D eigenvalue weighted by atomic mass is 16.2.